The van der Waals surface area contributed by atoms with Crippen LogP contribution < -0.4 is 15.4 Å². The average Bonchev–Trinajstić information content (AvgIpc) is 2.73. The van der Waals surface area contributed by atoms with Gasteiger partial charge in [0.1, 0.15) is 12.4 Å². The largest absolute Gasteiger partial charge is 0.492 e. The second-order valence-electron chi connectivity index (χ2n) is 6.76. The summed E-state index contributed by atoms with van der Waals surface area (Å²) >= 11 is 0. The van der Waals surface area contributed by atoms with Crippen LogP contribution in [0.1, 0.15) is 12.5 Å². The third-order valence-electron chi connectivity index (χ3n) is 4.57. The van der Waals surface area contributed by atoms with Gasteiger partial charge in [0.25, 0.3) is 0 Å². The molecule has 0 aliphatic heterocycles. The Bertz CT molecular complexity index is 908. The van der Waals surface area contributed by atoms with Crippen molar-refractivity contribution in [2.24, 2.45) is 0 Å². The monoisotopic (exact) mass is 423 g/mol. The first-order valence-corrected chi connectivity index (χ1v) is 9.30. The summed E-state index contributed by atoms with van der Waals surface area (Å²) in [6.45, 7) is 3.99. The number of nitrogens with one attached hydrogen (secondary N) is 2. The topological polar surface area (TPSA) is 70.7 Å². The van der Waals surface area contributed by atoms with Gasteiger partial charge in [-0.25, -0.2) is 13.2 Å². The summed E-state index contributed by atoms with van der Waals surface area (Å²) in [7, 11) is 1.74. The molecule has 0 heterocycles. The third kappa shape index (κ3) is 6.21. The Morgan fingerprint density at radius 1 is 1.10 bits per heavy atom. The highest BCUT2D eigenvalue weighted by Crippen LogP contribution is 2.19. The van der Waals surface area contributed by atoms with E-state index in [0.29, 0.717) is 19.2 Å². The van der Waals surface area contributed by atoms with Crippen LogP contribution in [0, 0.1) is 24.4 Å². The fourth-order valence-electron chi connectivity index (χ4n) is 2.54. The highest BCUT2D eigenvalue weighted by Gasteiger charge is 2.20. The molecule has 30 heavy (non-hydrogen) atoms. The molecule has 0 saturated heterocycles. The van der Waals surface area contributed by atoms with Crippen LogP contribution in [0.3, 0.4) is 0 Å². The molecule has 6 nitrogen and oxygen atoms in total. The zero-order chi connectivity index (χ0) is 22.3. The second kappa shape index (κ2) is 10.6. The van der Waals surface area contributed by atoms with Crippen molar-refractivity contribution in [2.45, 2.75) is 19.9 Å². The minimum atomic E-state index is -1.68. The molecular weight excluding hydrogens is 399 g/mol. The lowest BCUT2D eigenvalue weighted by molar-refractivity contribution is -0.127. The lowest BCUT2D eigenvalue weighted by Crippen LogP contribution is -2.46. The Kier molecular flexibility index (Phi) is 8.23. The van der Waals surface area contributed by atoms with Gasteiger partial charge in [-0.3, -0.25) is 14.5 Å². The molecular formula is C21H24F3N3O3. The van der Waals surface area contributed by atoms with E-state index >= 15 is 0 Å². The molecule has 2 rings (SSSR count). The van der Waals surface area contributed by atoms with Crippen LogP contribution in [-0.2, 0) is 9.59 Å². The van der Waals surface area contributed by atoms with Gasteiger partial charge in [0.2, 0.25) is 11.8 Å². The molecule has 0 bridgehead atoms. The summed E-state index contributed by atoms with van der Waals surface area (Å²) in [4.78, 5) is 25.9. The summed E-state index contributed by atoms with van der Waals surface area (Å²) in [5, 5.41) is 4.51. The maximum Gasteiger partial charge on any atom is 0.243 e. The lowest BCUT2D eigenvalue weighted by atomic mass is 10.2. The van der Waals surface area contributed by atoms with Gasteiger partial charge >= 0.3 is 0 Å². The van der Waals surface area contributed by atoms with Gasteiger partial charge < -0.3 is 15.4 Å². The van der Waals surface area contributed by atoms with E-state index in [4.69, 9.17) is 4.74 Å². The molecule has 2 aromatic carbocycles. The van der Waals surface area contributed by atoms with E-state index in [1.165, 1.54) is 0 Å². The van der Waals surface area contributed by atoms with Crippen molar-refractivity contribution in [1.82, 2.24) is 10.2 Å². The molecule has 2 aromatic rings. The van der Waals surface area contributed by atoms with Crippen molar-refractivity contribution >= 4 is 17.5 Å². The fourth-order valence-corrected chi connectivity index (χ4v) is 2.54. The first kappa shape index (κ1) is 23.2. The van der Waals surface area contributed by atoms with Gasteiger partial charge in [0.05, 0.1) is 18.3 Å². The molecule has 0 aliphatic rings. The van der Waals surface area contributed by atoms with Gasteiger partial charge in [-0.1, -0.05) is 18.2 Å². The van der Waals surface area contributed by atoms with E-state index in [9.17, 15) is 22.8 Å². The fraction of sp³-hybridized carbons (Fsp3) is 0.333. The zero-order valence-electron chi connectivity index (χ0n) is 17.0. The molecule has 0 spiro atoms. The van der Waals surface area contributed by atoms with Gasteiger partial charge in [0, 0.05) is 6.54 Å². The van der Waals surface area contributed by atoms with Crippen LogP contribution in [0.2, 0.25) is 0 Å². The number of carbonyl (C=O) groups excluding carboxylic acids is 2. The van der Waals surface area contributed by atoms with Gasteiger partial charge in [-0.15, -0.1) is 0 Å². The maximum atomic E-state index is 13.6. The Morgan fingerprint density at radius 3 is 2.50 bits per heavy atom. The predicted octanol–water partition coefficient (Wildman–Crippen LogP) is 2.87. The van der Waals surface area contributed by atoms with Crippen LogP contribution in [0.4, 0.5) is 18.9 Å². The van der Waals surface area contributed by atoms with Gasteiger partial charge in [-0.2, -0.15) is 0 Å². The number of amides is 2. The minimum Gasteiger partial charge on any atom is -0.492 e. The molecule has 9 heteroatoms. The van der Waals surface area contributed by atoms with Crippen LogP contribution in [0.25, 0.3) is 0 Å². The Hall–Kier alpha value is -3.07. The normalized spacial score (nSPS) is 11.8. The van der Waals surface area contributed by atoms with Crippen molar-refractivity contribution < 1.29 is 27.5 Å². The van der Waals surface area contributed by atoms with Crippen molar-refractivity contribution in [3.8, 4) is 5.75 Å². The molecule has 0 radical (unpaired) electrons. The number of likely N-dealkylation sites (N-methyl/N-ethyl adjacent to an activating group) is 1. The van der Waals surface area contributed by atoms with Crippen molar-refractivity contribution in [3.05, 3.63) is 59.4 Å². The highest BCUT2D eigenvalue weighted by atomic mass is 19.2. The minimum absolute atomic E-state index is 0.370. The van der Waals surface area contributed by atoms with E-state index in [-0.39, 0.29) is 0 Å². The summed E-state index contributed by atoms with van der Waals surface area (Å²) < 4.78 is 45.4. The van der Waals surface area contributed by atoms with E-state index in [2.05, 4.69) is 10.6 Å². The third-order valence-corrected chi connectivity index (χ3v) is 4.57. The summed E-state index contributed by atoms with van der Waals surface area (Å²) in [6.07, 6.45) is 0. The van der Waals surface area contributed by atoms with E-state index in [0.717, 1.165) is 17.4 Å². The number of para-hydroxylation sites is 1. The van der Waals surface area contributed by atoms with Crippen LogP contribution >= 0.6 is 0 Å². The summed E-state index contributed by atoms with van der Waals surface area (Å²) in [6, 6.07) is 8.63. The van der Waals surface area contributed by atoms with Gasteiger partial charge in [0.15, 0.2) is 17.5 Å². The quantitative estimate of drug-likeness (QED) is 0.609. The SMILES string of the molecule is Cc1ccccc1OCCN(C)C(C)C(=O)NCC(=O)Nc1ccc(F)c(F)c1F. The predicted molar refractivity (Wildman–Crippen MR) is 107 cm³/mol. The van der Waals surface area contributed by atoms with E-state index < -0.39 is 47.5 Å². The number of halogens is 3. The number of anilines is 1. The number of ether oxygens (including phenoxy) is 1. The van der Waals surface area contributed by atoms with Crippen molar-refractivity contribution in [1.29, 1.82) is 0 Å². The smallest absolute Gasteiger partial charge is 0.243 e. The number of rotatable bonds is 9. The Morgan fingerprint density at radius 2 is 1.80 bits per heavy atom. The molecule has 0 saturated carbocycles. The molecule has 162 valence electrons. The first-order valence-electron chi connectivity index (χ1n) is 9.30. The Labute approximate surface area is 173 Å². The number of nitrogens with zero attached hydrogens (tertiary/aromatic N) is 1. The summed E-state index contributed by atoms with van der Waals surface area (Å²) in [5.41, 5.74) is 0.501. The number of hydrogen-bond acceptors (Lipinski definition) is 4. The number of hydrogen-bond donors (Lipinski definition) is 2. The van der Waals surface area contributed by atoms with Gasteiger partial charge in [-0.05, 0) is 44.7 Å². The van der Waals surface area contributed by atoms with E-state index in [1.54, 1.807) is 18.9 Å². The molecule has 0 aromatic heterocycles. The summed E-state index contributed by atoms with van der Waals surface area (Å²) in [5.74, 6) is -4.97. The highest BCUT2D eigenvalue weighted by molar-refractivity contribution is 5.95. The van der Waals surface area contributed by atoms with Crippen LogP contribution in [-0.4, -0.2) is 49.5 Å². The first-order chi connectivity index (χ1) is 14.2. The van der Waals surface area contributed by atoms with Crippen LogP contribution in [0.5, 0.6) is 5.75 Å². The molecule has 1 atom stereocenters. The molecule has 2 amide bonds. The molecule has 2 N–H and O–H groups in total. The number of carbonyl (C=O) groups is 2. The number of benzene rings is 2. The zero-order valence-corrected chi connectivity index (χ0v) is 17.0. The molecule has 1 unspecified atom stereocenters. The standard InChI is InChI=1S/C21H24F3N3O3/c1-13-6-4-5-7-17(13)30-11-10-27(3)14(2)21(29)25-12-18(28)26-16-9-8-15(22)19(23)20(16)24/h4-9,14H,10-12H2,1-3H3,(H,25,29)(H,26,28). The lowest BCUT2D eigenvalue weighted by Gasteiger charge is -2.24. The van der Waals surface area contributed by atoms with Crippen LogP contribution in [0.15, 0.2) is 36.4 Å². The molecule has 0 aliphatic carbocycles. The molecule has 0 fully saturated rings. The van der Waals surface area contributed by atoms with Crippen molar-refractivity contribution in [2.75, 3.05) is 32.1 Å². The second-order valence-corrected chi connectivity index (χ2v) is 6.76. The maximum absolute atomic E-state index is 13.6. The van der Waals surface area contributed by atoms with E-state index in [1.807, 2.05) is 31.2 Å². The number of aryl methyl sites for hydroxylation is 1. The average molecular weight is 423 g/mol. The van der Waals surface area contributed by atoms with Crippen molar-refractivity contribution in [3.63, 3.8) is 0 Å². The Balaban J connectivity index is 1.77.